The number of carbonyl (C=O) groups is 1. The minimum absolute atomic E-state index is 0.0178. The Kier molecular flexibility index (Phi) is 7.28. The Balaban J connectivity index is 2.04. The monoisotopic (exact) mass is 384 g/mol. The fraction of sp³-hybridized carbons (Fsp3) is 0.611. The molecule has 0 saturated heterocycles. The van der Waals surface area contributed by atoms with Crippen molar-refractivity contribution in [1.82, 2.24) is 10.0 Å². The second-order valence-electron chi connectivity index (χ2n) is 6.56. The van der Waals surface area contributed by atoms with Gasteiger partial charge < -0.3 is 14.8 Å². The lowest BCUT2D eigenvalue weighted by Gasteiger charge is -2.20. The molecule has 1 atom stereocenters. The maximum Gasteiger partial charge on any atom is 0.241 e. The van der Waals surface area contributed by atoms with E-state index in [4.69, 9.17) is 9.47 Å². The lowest BCUT2D eigenvalue weighted by Crippen LogP contribution is -2.47. The van der Waals surface area contributed by atoms with Gasteiger partial charge in [0.05, 0.1) is 25.2 Å². The molecule has 2 N–H and O–H groups in total. The van der Waals surface area contributed by atoms with Crippen molar-refractivity contribution in [3.8, 4) is 11.5 Å². The lowest BCUT2D eigenvalue weighted by atomic mass is 10.1. The van der Waals surface area contributed by atoms with E-state index in [0.717, 1.165) is 25.7 Å². The molecule has 0 radical (unpaired) electrons. The molecule has 8 heteroatoms. The minimum atomic E-state index is -3.86. The van der Waals surface area contributed by atoms with Crippen LogP contribution in [-0.4, -0.2) is 40.6 Å². The quantitative estimate of drug-likeness (QED) is 0.703. The summed E-state index contributed by atoms with van der Waals surface area (Å²) in [5, 5.41) is 2.96. The molecule has 0 aromatic heterocycles. The van der Waals surface area contributed by atoms with Crippen LogP contribution in [0, 0.1) is 0 Å². The Morgan fingerprint density at radius 1 is 1.08 bits per heavy atom. The number of benzene rings is 1. The zero-order chi connectivity index (χ0) is 19.2. The maximum absolute atomic E-state index is 12.6. The number of amides is 1. The van der Waals surface area contributed by atoms with Gasteiger partial charge in [0.1, 0.15) is 0 Å². The summed E-state index contributed by atoms with van der Waals surface area (Å²) in [7, 11) is -0.945. The highest BCUT2D eigenvalue weighted by atomic mass is 32.2. The lowest BCUT2D eigenvalue weighted by molar-refractivity contribution is -0.123. The molecule has 1 aliphatic carbocycles. The third-order valence-corrected chi connectivity index (χ3v) is 6.13. The maximum atomic E-state index is 12.6. The number of carbonyl (C=O) groups excluding carboxylic acids is 1. The van der Waals surface area contributed by atoms with E-state index in [1.165, 1.54) is 45.3 Å². The van der Waals surface area contributed by atoms with Crippen molar-refractivity contribution in [3.63, 3.8) is 0 Å². The molecule has 1 aromatic carbocycles. The smallest absolute Gasteiger partial charge is 0.241 e. The summed E-state index contributed by atoms with van der Waals surface area (Å²) < 4.78 is 37.8. The van der Waals surface area contributed by atoms with Gasteiger partial charge in [-0.3, -0.25) is 4.79 Å². The van der Waals surface area contributed by atoms with Crippen LogP contribution in [0.2, 0.25) is 0 Å². The summed E-state index contributed by atoms with van der Waals surface area (Å²) >= 11 is 0. The Morgan fingerprint density at radius 3 is 2.27 bits per heavy atom. The average Bonchev–Trinajstić information content (AvgIpc) is 2.89. The molecule has 0 aliphatic heterocycles. The summed E-state index contributed by atoms with van der Waals surface area (Å²) in [4.78, 5) is 12.4. The summed E-state index contributed by atoms with van der Waals surface area (Å²) in [6, 6.07) is 3.56. The molecular formula is C18H28N2O5S. The molecule has 0 heterocycles. The van der Waals surface area contributed by atoms with E-state index >= 15 is 0 Å². The molecule has 0 bridgehead atoms. The van der Waals surface area contributed by atoms with Crippen molar-refractivity contribution in [2.45, 2.75) is 62.4 Å². The Hall–Kier alpha value is -1.80. The van der Waals surface area contributed by atoms with Gasteiger partial charge in [0, 0.05) is 12.1 Å². The van der Waals surface area contributed by atoms with Crippen molar-refractivity contribution < 1.29 is 22.7 Å². The molecule has 1 unspecified atom stereocenters. The SMILES string of the molecule is COc1ccc(S(=O)(=O)NC(C)C(=O)NC2CCCCCC2)cc1OC. The van der Waals surface area contributed by atoms with Gasteiger partial charge in [-0.2, -0.15) is 4.72 Å². The fourth-order valence-corrected chi connectivity index (χ4v) is 4.31. The molecule has 1 saturated carbocycles. The van der Waals surface area contributed by atoms with E-state index in [1.54, 1.807) is 6.92 Å². The van der Waals surface area contributed by atoms with Crippen LogP contribution in [0.4, 0.5) is 0 Å². The Morgan fingerprint density at radius 2 is 1.69 bits per heavy atom. The van der Waals surface area contributed by atoms with Gasteiger partial charge in [0.25, 0.3) is 0 Å². The second kappa shape index (κ2) is 9.23. The largest absolute Gasteiger partial charge is 0.493 e. The van der Waals surface area contributed by atoms with Crippen molar-refractivity contribution in [2.24, 2.45) is 0 Å². The topological polar surface area (TPSA) is 93.7 Å². The number of hydrogen-bond donors (Lipinski definition) is 2. The highest BCUT2D eigenvalue weighted by Crippen LogP contribution is 2.29. The first-order valence-corrected chi connectivity index (χ1v) is 10.4. The molecule has 1 aliphatic rings. The van der Waals surface area contributed by atoms with Crippen molar-refractivity contribution in [1.29, 1.82) is 0 Å². The van der Waals surface area contributed by atoms with E-state index < -0.39 is 16.1 Å². The van der Waals surface area contributed by atoms with E-state index in [-0.39, 0.29) is 16.8 Å². The van der Waals surface area contributed by atoms with Crippen LogP contribution in [0.1, 0.15) is 45.4 Å². The third-order valence-electron chi connectivity index (χ3n) is 4.59. The Bertz CT molecular complexity index is 712. The zero-order valence-electron chi connectivity index (χ0n) is 15.6. The zero-order valence-corrected chi connectivity index (χ0v) is 16.4. The highest BCUT2D eigenvalue weighted by molar-refractivity contribution is 7.89. The molecule has 1 fully saturated rings. The van der Waals surface area contributed by atoms with Gasteiger partial charge in [-0.1, -0.05) is 25.7 Å². The van der Waals surface area contributed by atoms with Gasteiger partial charge in [-0.15, -0.1) is 0 Å². The average molecular weight is 384 g/mol. The van der Waals surface area contributed by atoms with Crippen LogP contribution in [0.25, 0.3) is 0 Å². The molecular weight excluding hydrogens is 356 g/mol. The molecule has 1 aromatic rings. The Labute approximate surface area is 155 Å². The van der Waals surface area contributed by atoms with Gasteiger partial charge in [-0.05, 0) is 31.9 Å². The van der Waals surface area contributed by atoms with Gasteiger partial charge >= 0.3 is 0 Å². The highest BCUT2D eigenvalue weighted by Gasteiger charge is 2.25. The molecule has 26 heavy (non-hydrogen) atoms. The number of ether oxygens (including phenoxy) is 2. The van der Waals surface area contributed by atoms with Gasteiger partial charge in [0.2, 0.25) is 15.9 Å². The first kappa shape index (κ1) is 20.5. The fourth-order valence-electron chi connectivity index (χ4n) is 3.09. The van der Waals surface area contributed by atoms with Crippen molar-refractivity contribution >= 4 is 15.9 Å². The van der Waals surface area contributed by atoms with Crippen LogP contribution in [0.5, 0.6) is 11.5 Å². The van der Waals surface area contributed by atoms with Crippen LogP contribution in [-0.2, 0) is 14.8 Å². The third kappa shape index (κ3) is 5.35. The first-order valence-electron chi connectivity index (χ1n) is 8.92. The number of methoxy groups -OCH3 is 2. The van der Waals surface area contributed by atoms with Crippen LogP contribution in [0.3, 0.4) is 0 Å². The normalized spacial score (nSPS) is 17.2. The van der Waals surface area contributed by atoms with E-state index in [2.05, 4.69) is 10.0 Å². The number of sulfonamides is 1. The minimum Gasteiger partial charge on any atom is -0.493 e. The first-order chi connectivity index (χ1) is 12.4. The molecule has 1 amide bonds. The second-order valence-corrected chi connectivity index (χ2v) is 8.27. The predicted molar refractivity (Wildman–Crippen MR) is 99.0 cm³/mol. The number of nitrogens with one attached hydrogen (secondary N) is 2. The van der Waals surface area contributed by atoms with Gasteiger partial charge in [0.15, 0.2) is 11.5 Å². The van der Waals surface area contributed by atoms with E-state index in [9.17, 15) is 13.2 Å². The van der Waals surface area contributed by atoms with Crippen LogP contribution < -0.4 is 19.5 Å². The predicted octanol–water partition coefficient (Wildman–Crippen LogP) is 2.21. The molecule has 146 valence electrons. The summed E-state index contributed by atoms with van der Waals surface area (Å²) in [5.41, 5.74) is 0. The van der Waals surface area contributed by atoms with Crippen molar-refractivity contribution in [3.05, 3.63) is 18.2 Å². The summed E-state index contributed by atoms with van der Waals surface area (Å²) in [6.07, 6.45) is 6.46. The molecule has 0 spiro atoms. The molecule has 7 nitrogen and oxygen atoms in total. The van der Waals surface area contributed by atoms with E-state index in [0.29, 0.717) is 11.5 Å². The molecule has 2 rings (SSSR count). The standard InChI is InChI=1S/C18H28N2O5S/c1-13(18(21)19-14-8-6-4-5-7-9-14)20-26(22,23)15-10-11-16(24-2)17(12-15)25-3/h10-14,20H,4-9H2,1-3H3,(H,19,21). The van der Waals surface area contributed by atoms with Crippen LogP contribution >= 0.6 is 0 Å². The number of rotatable bonds is 7. The van der Waals surface area contributed by atoms with Crippen molar-refractivity contribution in [2.75, 3.05) is 14.2 Å². The van der Waals surface area contributed by atoms with Gasteiger partial charge in [-0.25, -0.2) is 8.42 Å². The number of hydrogen-bond acceptors (Lipinski definition) is 5. The van der Waals surface area contributed by atoms with E-state index in [1.807, 2.05) is 0 Å². The summed E-state index contributed by atoms with van der Waals surface area (Å²) in [5.74, 6) is 0.442. The van der Waals surface area contributed by atoms with Crippen LogP contribution in [0.15, 0.2) is 23.1 Å². The summed E-state index contributed by atoms with van der Waals surface area (Å²) in [6.45, 7) is 1.55.